The molecule has 0 aliphatic heterocycles. The molecule has 0 saturated carbocycles. The highest BCUT2D eigenvalue weighted by Gasteiger charge is 2.07. The van der Waals surface area contributed by atoms with Crippen LogP contribution in [0.1, 0.15) is 5.56 Å². The fraction of sp³-hybridized carbons (Fsp3) is 0.167. The molecule has 0 bridgehead atoms. The van der Waals surface area contributed by atoms with Gasteiger partial charge in [0.25, 0.3) is 5.70 Å². The molecule has 0 aliphatic rings. The third kappa shape index (κ3) is 4.06. The summed E-state index contributed by atoms with van der Waals surface area (Å²) in [5.41, 5.74) is 1.22. The molecule has 4 heteroatoms. The van der Waals surface area contributed by atoms with Gasteiger partial charge in [-0.15, -0.1) is 0 Å². The zero-order valence-electron chi connectivity index (χ0n) is 8.93. The van der Waals surface area contributed by atoms with Crippen molar-refractivity contribution in [1.29, 1.82) is 0 Å². The van der Waals surface area contributed by atoms with Gasteiger partial charge >= 0.3 is 0 Å². The zero-order chi connectivity index (χ0) is 11.8. The van der Waals surface area contributed by atoms with E-state index in [1.807, 2.05) is 30.3 Å². The Hall–Kier alpha value is -1.94. The summed E-state index contributed by atoms with van der Waals surface area (Å²) in [4.78, 5) is 10.2. The third-order valence-corrected chi connectivity index (χ3v) is 2.02. The minimum atomic E-state index is -0.403. The van der Waals surface area contributed by atoms with E-state index in [1.165, 1.54) is 12.2 Å². The number of benzene rings is 1. The molecule has 1 aromatic rings. The largest absolute Gasteiger partial charge is 0.303 e. The number of hydrogen-bond donors (Lipinski definition) is 1. The maximum absolute atomic E-state index is 10.6. The van der Waals surface area contributed by atoms with Gasteiger partial charge in [-0.2, -0.15) is 0 Å². The Morgan fingerprint density at radius 1 is 1.44 bits per heavy atom. The highest BCUT2D eigenvalue weighted by atomic mass is 16.6. The van der Waals surface area contributed by atoms with Crippen molar-refractivity contribution in [2.45, 2.75) is 6.54 Å². The maximum atomic E-state index is 10.6. The van der Waals surface area contributed by atoms with Gasteiger partial charge in [0.05, 0.1) is 11.5 Å². The standard InChI is InChI=1S/C12H14N2O2/c1-2-6-12(14(15)16)10-13-9-11-7-4-3-5-8-11/h2-8,13H,1,9-10H2/b12-6+. The topological polar surface area (TPSA) is 55.2 Å². The van der Waals surface area contributed by atoms with Gasteiger partial charge in [-0.3, -0.25) is 10.1 Å². The molecule has 0 radical (unpaired) electrons. The Kier molecular flexibility index (Phi) is 4.95. The van der Waals surface area contributed by atoms with Gasteiger partial charge in [-0.25, -0.2) is 0 Å². The van der Waals surface area contributed by atoms with Gasteiger partial charge in [0.2, 0.25) is 0 Å². The van der Waals surface area contributed by atoms with E-state index in [1.54, 1.807) is 0 Å². The van der Waals surface area contributed by atoms with Gasteiger partial charge in [0, 0.05) is 12.6 Å². The first-order valence-corrected chi connectivity index (χ1v) is 4.94. The molecule has 16 heavy (non-hydrogen) atoms. The predicted molar refractivity (Wildman–Crippen MR) is 63.4 cm³/mol. The molecular weight excluding hydrogens is 204 g/mol. The molecule has 0 atom stereocenters. The van der Waals surface area contributed by atoms with E-state index < -0.39 is 4.92 Å². The molecule has 84 valence electrons. The van der Waals surface area contributed by atoms with Gasteiger partial charge in [-0.05, 0) is 5.56 Å². The van der Waals surface area contributed by atoms with Crippen LogP contribution in [0.25, 0.3) is 0 Å². The molecule has 0 saturated heterocycles. The van der Waals surface area contributed by atoms with Crippen molar-refractivity contribution in [3.8, 4) is 0 Å². The highest BCUT2D eigenvalue weighted by Crippen LogP contribution is 1.99. The maximum Gasteiger partial charge on any atom is 0.259 e. The van der Waals surface area contributed by atoms with Crippen LogP contribution >= 0.6 is 0 Å². The summed E-state index contributed by atoms with van der Waals surface area (Å²) in [5, 5.41) is 13.6. The summed E-state index contributed by atoms with van der Waals surface area (Å²) in [6.45, 7) is 4.28. The van der Waals surface area contributed by atoms with Gasteiger partial charge < -0.3 is 5.32 Å². The number of rotatable bonds is 6. The Morgan fingerprint density at radius 2 is 2.12 bits per heavy atom. The fourth-order valence-electron chi connectivity index (χ4n) is 1.25. The van der Waals surface area contributed by atoms with Crippen LogP contribution in [-0.4, -0.2) is 11.5 Å². The minimum Gasteiger partial charge on any atom is -0.303 e. The van der Waals surface area contributed by atoms with Crippen LogP contribution in [0.5, 0.6) is 0 Å². The molecule has 0 aliphatic carbocycles. The lowest BCUT2D eigenvalue weighted by Gasteiger charge is -2.02. The second kappa shape index (κ2) is 6.53. The normalized spacial score (nSPS) is 11.1. The lowest BCUT2D eigenvalue weighted by atomic mass is 10.2. The van der Waals surface area contributed by atoms with E-state index in [0.717, 1.165) is 5.56 Å². The monoisotopic (exact) mass is 218 g/mol. The SMILES string of the molecule is C=C/C=C(\CNCc1ccccc1)[N+](=O)[O-]. The molecule has 1 aromatic carbocycles. The Bertz CT molecular complexity index is 385. The summed E-state index contributed by atoms with van der Waals surface area (Å²) in [5.74, 6) is 0. The quantitative estimate of drug-likeness (QED) is 0.452. The third-order valence-electron chi connectivity index (χ3n) is 2.02. The van der Waals surface area contributed by atoms with E-state index in [0.29, 0.717) is 6.54 Å². The minimum absolute atomic E-state index is 0.117. The number of nitrogens with zero attached hydrogens (tertiary/aromatic N) is 1. The Morgan fingerprint density at radius 3 is 2.69 bits per heavy atom. The van der Waals surface area contributed by atoms with E-state index in [2.05, 4.69) is 11.9 Å². The van der Waals surface area contributed by atoms with Gasteiger partial charge in [0.15, 0.2) is 0 Å². The van der Waals surface area contributed by atoms with Crippen LogP contribution in [-0.2, 0) is 6.54 Å². The first kappa shape index (κ1) is 12.1. The first-order valence-electron chi connectivity index (χ1n) is 4.94. The van der Waals surface area contributed by atoms with E-state index in [9.17, 15) is 10.1 Å². The van der Waals surface area contributed by atoms with Crippen molar-refractivity contribution in [2.75, 3.05) is 6.54 Å². The Balaban J connectivity index is 2.43. The lowest BCUT2D eigenvalue weighted by Crippen LogP contribution is -2.20. The van der Waals surface area contributed by atoms with Crippen LogP contribution in [0.15, 0.2) is 54.8 Å². The van der Waals surface area contributed by atoms with Crippen molar-refractivity contribution in [2.24, 2.45) is 0 Å². The molecule has 0 spiro atoms. The van der Waals surface area contributed by atoms with Crippen molar-refractivity contribution < 1.29 is 4.92 Å². The summed E-state index contributed by atoms with van der Waals surface area (Å²) in [7, 11) is 0. The molecule has 0 heterocycles. The van der Waals surface area contributed by atoms with E-state index in [4.69, 9.17) is 0 Å². The van der Waals surface area contributed by atoms with Crippen molar-refractivity contribution in [3.05, 3.63) is 70.4 Å². The first-order chi connectivity index (χ1) is 7.74. The number of nitro groups is 1. The second-order valence-electron chi connectivity index (χ2n) is 3.24. The predicted octanol–water partition coefficient (Wildman–Crippen LogP) is 2.12. The fourth-order valence-corrected chi connectivity index (χ4v) is 1.25. The Labute approximate surface area is 94.4 Å². The lowest BCUT2D eigenvalue weighted by molar-refractivity contribution is -0.426. The van der Waals surface area contributed by atoms with E-state index >= 15 is 0 Å². The van der Waals surface area contributed by atoms with Crippen LogP contribution in [0.4, 0.5) is 0 Å². The van der Waals surface area contributed by atoms with E-state index in [-0.39, 0.29) is 12.2 Å². The summed E-state index contributed by atoms with van der Waals surface area (Å²) >= 11 is 0. The van der Waals surface area contributed by atoms with Gasteiger partial charge in [-0.1, -0.05) is 43.0 Å². The second-order valence-corrected chi connectivity index (χ2v) is 3.24. The summed E-state index contributed by atoms with van der Waals surface area (Å²) in [6, 6.07) is 9.74. The molecule has 0 fully saturated rings. The van der Waals surface area contributed by atoms with Crippen LogP contribution < -0.4 is 5.32 Å². The van der Waals surface area contributed by atoms with Crippen LogP contribution in [0.2, 0.25) is 0 Å². The molecule has 0 amide bonds. The van der Waals surface area contributed by atoms with Crippen molar-refractivity contribution in [1.82, 2.24) is 5.32 Å². The van der Waals surface area contributed by atoms with Crippen molar-refractivity contribution in [3.63, 3.8) is 0 Å². The summed E-state index contributed by atoms with van der Waals surface area (Å²) < 4.78 is 0. The average Bonchev–Trinajstić information content (AvgIpc) is 2.29. The molecule has 0 aromatic heterocycles. The molecular formula is C12H14N2O2. The number of hydrogen-bond acceptors (Lipinski definition) is 3. The number of nitrogens with one attached hydrogen (secondary N) is 1. The molecule has 0 unspecified atom stereocenters. The molecule has 4 nitrogen and oxygen atoms in total. The number of allylic oxidation sites excluding steroid dienone is 2. The molecule has 1 rings (SSSR count). The summed E-state index contributed by atoms with van der Waals surface area (Å²) in [6.07, 6.45) is 2.82. The van der Waals surface area contributed by atoms with Crippen LogP contribution in [0, 0.1) is 10.1 Å². The van der Waals surface area contributed by atoms with Gasteiger partial charge in [0.1, 0.15) is 0 Å². The highest BCUT2D eigenvalue weighted by molar-refractivity contribution is 5.14. The average molecular weight is 218 g/mol. The van der Waals surface area contributed by atoms with Crippen molar-refractivity contribution >= 4 is 0 Å². The molecule has 1 N–H and O–H groups in total. The smallest absolute Gasteiger partial charge is 0.259 e. The zero-order valence-corrected chi connectivity index (χ0v) is 8.93. The van der Waals surface area contributed by atoms with Crippen LogP contribution in [0.3, 0.4) is 0 Å².